The van der Waals surface area contributed by atoms with E-state index in [1.54, 1.807) is 12.1 Å². The third-order valence-corrected chi connectivity index (χ3v) is 5.95. The Hall–Kier alpha value is -1.46. The molecule has 2 aliphatic carbocycles. The predicted molar refractivity (Wildman–Crippen MR) is 89.0 cm³/mol. The van der Waals surface area contributed by atoms with Crippen LogP contribution < -0.4 is 0 Å². The van der Waals surface area contributed by atoms with Crippen LogP contribution in [0, 0.1) is 11.7 Å². The van der Waals surface area contributed by atoms with Crippen LogP contribution in [0.4, 0.5) is 4.39 Å². The number of benzene rings is 1. The standard InChI is InChI=1S/C19H25FN2O2/c20-16-5-2-1-4-13(16)14-12-15(14)19(24)22-10-8-21(9-11-22)17-6-3-7-18(17)23/h1-2,4-5,14-15,17-18,23H,3,6-12H2/t14-,15-,17-,18-/m1/s1. The Balaban J connectivity index is 1.32. The first-order valence-electron chi connectivity index (χ1n) is 9.10. The highest BCUT2D eigenvalue weighted by Gasteiger charge is 2.47. The summed E-state index contributed by atoms with van der Waals surface area (Å²) in [6, 6.07) is 7.07. The number of carbonyl (C=O) groups excluding carboxylic acids is 1. The van der Waals surface area contributed by atoms with Crippen LogP contribution in [0.5, 0.6) is 0 Å². The van der Waals surface area contributed by atoms with Crippen LogP contribution in [-0.4, -0.2) is 59.1 Å². The van der Waals surface area contributed by atoms with Crippen molar-refractivity contribution in [3.8, 4) is 0 Å². The van der Waals surface area contributed by atoms with E-state index in [4.69, 9.17) is 0 Å². The van der Waals surface area contributed by atoms with Crippen molar-refractivity contribution < 1.29 is 14.3 Å². The molecule has 130 valence electrons. The van der Waals surface area contributed by atoms with E-state index in [-0.39, 0.29) is 35.7 Å². The quantitative estimate of drug-likeness (QED) is 0.921. The molecule has 4 rings (SSSR count). The molecule has 1 saturated heterocycles. The molecule has 5 heteroatoms. The van der Waals surface area contributed by atoms with E-state index in [1.165, 1.54) is 6.07 Å². The minimum Gasteiger partial charge on any atom is -0.391 e. The second kappa shape index (κ2) is 6.45. The normalized spacial score (nSPS) is 33.7. The molecule has 0 aromatic heterocycles. The molecule has 1 heterocycles. The van der Waals surface area contributed by atoms with Gasteiger partial charge in [0.15, 0.2) is 0 Å². The van der Waals surface area contributed by atoms with Crippen molar-refractivity contribution in [2.24, 2.45) is 5.92 Å². The number of carbonyl (C=O) groups is 1. The summed E-state index contributed by atoms with van der Waals surface area (Å²) in [5, 5.41) is 10.0. The van der Waals surface area contributed by atoms with Gasteiger partial charge in [-0.05, 0) is 43.2 Å². The van der Waals surface area contributed by atoms with E-state index in [2.05, 4.69) is 4.90 Å². The van der Waals surface area contributed by atoms with Gasteiger partial charge in [0.1, 0.15) is 5.82 Å². The van der Waals surface area contributed by atoms with Crippen LogP contribution in [0.2, 0.25) is 0 Å². The van der Waals surface area contributed by atoms with E-state index < -0.39 is 0 Å². The number of halogens is 1. The maximum Gasteiger partial charge on any atom is 0.226 e. The molecule has 0 unspecified atom stereocenters. The maximum absolute atomic E-state index is 13.9. The Kier molecular flexibility index (Phi) is 4.31. The SMILES string of the molecule is O=C([C@@H]1C[C@@H]1c1ccccc1F)N1CCN([C@@H]2CCC[C@H]2O)CC1. The summed E-state index contributed by atoms with van der Waals surface area (Å²) in [5.41, 5.74) is 0.684. The first-order valence-corrected chi connectivity index (χ1v) is 9.10. The van der Waals surface area contributed by atoms with Crippen molar-refractivity contribution in [2.45, 2.75) is 43.7 Å². The molecule has 4 nitrogen and oxygen atoms in total. The zero-order valence-corrected chi connectivity index (χ0v) is 13.9. The highest BCUT2D eigenvalue weighted by atomic mass is 19.1. The fourth-order valence-corrected chi connectivity index (χ4v) is 4.44. The minimum absolute atomic E-state index is 0.0494. The number of aliphatic hydroxyl groups is 1. The fourth-order valence-electron chi connectivity index (χ4n) is 4.44. The van der Waals surface area contributed by atoms with Crippen LogP contribution in [0.1, 0.15) is 37.2 Å². The summed E-state index contributed by atoms with van der Waals surface area (Å²) in [7, 11) is 0. The number of aliphatic hydroxyl groups excluding tert-OH is 1. The molecule has 1 aromatic rings. The Morgan fingerprint density at radius 1 is 1.12 bits per heavy atom. The Morgan fingerprint density at radius 3 is 2.54 bits per heavy atom. The molecule has 0 bridgehead atoms. The van der Waals surface area contributed by atoms with Gasteiger partial charge < -0.3 is 10.0 Å². The molecule has 1 amide bonds. The summed E-state index contributed by atoms with van der Waals surface area (Å²) in [5.74, 6) is -0.0216. The van der Waals surface area contributed by atoms with Gasteiger partial charge in [0.05, 0.1) is 6.10 Å². The summed E-state index contributed by atoms with van der Waals surface area (Å²) >= 11 is 0. The van der Waals surface area contributed by atoms with Crippen LogP contribution in [0.25, 0.3) is 0 Å². The van der Waals surface area contributed by atoms with Gasteiger partial charge in [-0.3, -0.25) is 9.69 Å². The lowest BCUT2D eigenvalue weighted by Crippen LogP contribution is -2.54. The molecule has 4 atom stereocenters. The second-order valence-corrected chi connectivity index (χ2v) is 7.40. The third kappa shape index (κ3) is 2.95. The monoisotopic (exact) mass is 332 g/mol. The molecule has 0 spiro atoms. The smallest absolute Gasteiger partial charge is 0.226 e. The molecule has 3 aliphatic rings. The average Bonchev–Trinajstić information content (AvgIpc) is 3.28. The molecule has 3 fully saturated rings. The number of nitrogens with zero attached hydrogens (tertiary/aromatic N) is 2. The first-order chi connectivity index (χ1) is 11.6. The van der Waals surface area contributed by atoms with Crippen molar-refractivity contribution in [2.75, 3.05) is 26.2 Å². The van der Waals surface area contributed by atoms with Crippen molar-refractivity contribution in [1.29, 1.82) is 0 Å². The Bertz CT molecular complexity index is 615. The number of hydrogen-bond donors (Lipinski definition) is 1. The molecule has 1 N–H and O–H groups in total. The van der Waals surface area contributed by atoms with Gasteiger partial charge >= 0.3 is 0 Å². The molecule has 2 saturated carbocycles. The predicted octanol–water partition coefficient (Wildman–Crippen LogP) is 1.99. The van der Waals surface area contributed by atoms with E-state index in [1.807, 2.05) is 11.0 Å². The first kappa shape index (κ1) is 16.0. The molecular weight excluding hydrogens is 307 g/mol. The number of hydrogen-bond acceptors (Lipinski definition) is 3. The highest BCUT2D eigenvalue weighted by molar-refractivity contribution is 5.83. The number of amides is 1. The van der Waals surface area contributed by atoms with Crippen molar-refractivity contribution in [3.05, 3.63) is 35.6 Å². The minimum atomic E-state index is -0.207. The Morgan fingerprint density at radius 2 is 1.88 bits per heavy atom. The lowest BCUT2D eigenvalue weighted by atomic mass is 10.1. The molecule has 0 radical (unpaired) electrons. The van der Waals surface area contributed by atoms with E-state index in [9.17, 15) is 14.3 Å². The van der Waals surface area contributed by atoms with E-state index >= 15 is 0 Å². The van der Waals surface area contributed by atoms with Gasteiger partial charge in [-0.2, -0.15) is 0 Å². The third-order valence-electron chi connectivity index (χ3n) is 5.95. The van der Waals surface area contributed by atoms with Crippen LogP contribution in [0.3, 0.4) is 0 Å². The molecule has 1 aromatic carbocycles. The van der Waals surface area contributed by atoms with Gasteiger partial charge in [0, 0.05) is 38.1 Å². The van der Waals surface area contributed by atoms with E-state index in [0.717, 1.165) is 51.9 Å². The zero-order chi connectivity index (χ0) is 16.7. The topological polar surface area (TPSA) is 43.8 Å². The summed E-state index contributed by atoms with van der Waals surface area (Å²) < 4.78 is 13.9. The summed E-state index contributed by atoms with van der Waals surface area (Å²) in [6.07, 6.45) is 3.61. The largest absolute Gasteiger partial charge is 0.391 e. The molecule has 24 heavy (non-hydrogen) atoms. The van der Waals surface area contributed by atoms with Crippen molar-refractivity contribution >= 4 is 5.91 Å². The number of piperazine rings is 1. The van der Waals surface area contributed by atoms with Crippen LogP contribution >= 0.6 is 0 Å². The average molecular weight is 332 g/mol. The second-order valence-electron chi connectivity index (χ2n) is 7.40. The molecular formula is C19H25FN2O2. The van der Waals surface area contributed by atoms with Crippen LogP contribution in [0.15, 0.2) is 24.3 Å². The molecule has 1 aliphatic heterocycles. The number of rotatable bonds is 3. The van der Waals surface area contributed by atoms with Gasteiger partial charge in [0.25, 0.3) is 0 Å². The van der Waals surface area contributed by atoms with Gasteiger partial charge in [-0.15, -0.1) is 0 Å². The van der Waals surface area contributed by atoms with E-state index in [0.29, 0.717) is 5.56 Å². The van der Waals surface area contributed by atoms with Crippen molar-refractivity contribution in [3.63, 3.8) is 0 Å². The van der Waals surface area contributed by atoms with Gasteiger partial charge in [-0.1, -0.05) is 18.2 Å². The lowest BCUT2D eigenvalue weighted by molar-refractivity contribution is -0.135. The van der Waals surface area contributed by atoms with Crippen LogP contribution in [-0.2, 0) is 4.79 Å². The van der Waals surface area contributed by atoms with Gasteiger partial charge in [-0.25, -0.2) is 4.39 Å². The maximum atomic E-state index is 13.9. The summed E-state index contributed by atoms with van der Waals surface area (Å²) in [6.45, 7) is 3.13. The lowest BCUT2D eigenvalue weighted by Gasteiger charge is -2.39. The zero-order valence-electron chi connectivity index (χ0n) is 13.9. The summed E-state index contributed by atoms with van der Waals surface area (Å²) in [4.78, 5) is 17.0. The van der Waals surface area contributed by atoms with Gasteiger partial charge in [0.2, 0.25) is 5.91 Å². The van der Waals surface area contributed by atoms with Crippen molar-refractivity contribution in [1.82, 2.24) is 9.80 Å². The fraction of sp³-hybridized carbons (Fsp3) is 0.632. The highest BCUT2D eigenvalue weighted by Crippen LogP contribution is 2.49. The Labute approximate surface area is 142 Å².